The van der Waals surface area contributed by atoms with Crippen molar-refractivity contribution in [3.8, 4) is 0 Å². The van der Waals surface area contributed by atoms with Crippen molar-refractivity contribution in [1.82, 2.24) is 15.5 Å². The highest BCUT2D eigenvalue weighted by molar-refractivity contribution is 5.95. The van der Waals surface area contributed by atoms with Crippen molar-refractivity contribution in [2.45, 2.75) is 53.1 Å². The number of carbonyl (C=O) groups excluding carboxylic acids is 1. The minimum atomic E-state index is -0.0431. The Balaban J connectivity index is 2.00. The van der Waals surface area contributed by atoms with E-state index in [0.717, 1.165) is 24.1 Å². The third-order valence-electron chi connectivity index (χ3n) is 3.73. The smallest absolute Gasteiger partial charge is 0.251 e. The Kier molecular flexibility index (Phi) is 5.73. The molecule has 0 aliphatic carbocycles. The average molecular weight is 316 g/mol. The molecular weight excluding hydrogens is 292 g/mol. The third kappa shape index (κ3) is 4.55. The molecule has 6 heteroatoms. The number of hydrogen-bond donors (Lipinski definition) is 2. The highest BCUT2D eigenvalue weighted by Crippen LogP contribution is 2.17. The molecule has 0 saturated carbocycles. The summed E-state index contributed by atoms with van der Waals surface area (Å²) in [5.41, 5.74) is 2.61. The Labute approximate surface area is 136 Å². The summed E-state index contributed by atoms with van der Waals surface area (Å²) in [6, 6.07) is 5.77. The molecule has 2 aromatic rings. The molecule has 2 N–H and O–H groups in total. The number of hydrogen-bond acceptors (Lipinski definition) is 5. The summed E-state index contributed by atoms with van der Waals surface area (Å²) in [4.78, 5) is 16.4. The highest BCUT2D eigenvalue weighted by atomic mass is 16.5. The number of nitrogens with zero attached hydrogens (tertiary/aromatic N) is 2. The quantitative estimate of drug-likeness (QED) is 0.820. The van der Waals surface area contributed by atoms with Gasteiger partial charge in [-0.3, -0.25) is 4.79 Å². The van der Waals surface area contributed by atoms with E-state index in [4.69, 9.17) is 4.52 Å². The topological polar surface area (TPSA) is 80.0 Å². The van der Waals surface area contributed by atoms with Gasteiger partial charge in [-0.1, -0.05) is 19.0 Å². The number of nitrogens with one attached hydrogen (secondary N) is 2. The van der Waals surface area contributed by atoms with Crippen molar-refractivity contribution in [2.75, 3.05) is 5.32 Å². The summed E-state index contributed by atoms with van der Waals surface area (Å²) in [6.45, 7) is 8.45. The Morgan fingerprint density at radius 3 is 2.74 bits per heavy atom. The Morgan fingerprint density at radius 2 is 2.13 bits per heavy atom. The second-order valence-corrected chi connectivity index (χ2v) is 5.62. The molecule has 0 spiro atoms. The van der Waals surface area contributed by atoms with E-state index < -0.39 is 0 Å². The number of carbonyl (C=O) groups is 1. The van der Waals surface area contributed by atoms with Crippen LogP contribution in [0.3, 0.4) is 0 Å². The van der Waals surface area contributed by atoms with Gasteiger partial charge in [-0.25, -0.2) is 0 Å². The molecule has 0 saturated heterocycles. The van der Waals surface area contributed by atoms with Crippen molar-refractivity contribution >= 4 is 11.6 Å². The largest absolute Gasteiger partial charge is 0.376 e. The van der Waals surface area contributed by atoms with Crippen molar-refractivity contribution in [2.24, 2.45) is 0 Å². The fourth-order valence-corrected chi connectivity index (χ4v) is 2.09. The molecule has 1 aromatic carbocycles. The monoisotopic (exact) mass is 316 g/mol. The summed E-state index contributed by atoms with van der Waals surface area (Å²) in [5.74, 6) is 1.22. The van der Waals surface area contributed by atoms with Crippen LogP contribution in [0.5, 0.6) is 0 Å². The maximum absolute atomic E-state index is 12.1. The van der Waals surface area contributed by atoms with Crippen LogP contribution in [-0.4, -0.2) is 22.1 Å². The molecule has 0 aliphatic heterocycles. The van der Waals surface area contributed by atoms with Gasteiger partial charge in [0.25, 0.3) is 5.91 Å². The molecule has 1 unspecified atom stereocenters. The lowest BCUT2D eigenvalue weighted by Gasteiger charge is -2.13. The Morgan fingerprint density at radius 1 is 1.35 bits per heavy atom. The molecule has 2 rings (SSSR count). The lowest BCUT2D eigenvalue weighted by molar-refractivity contribution is 0.0939. The van der Waals surface area contributed by atoms with Gasteiger partial charge in [-0.2, -0.15) is 4.98 Å². The number of aromatic nitrogens is 2. The average Bonchev–Trinajstić information content (AvgIpc) is 3.01. The molecule has 23 heavy (non-hydrogen) atoms. The minimum absolute atomic E-state index is 0.0431. The highest BCUT2D eigenvalue weighted by Gasteiger charge is 2.11. The van der Waals surface area contributed by atoms with Crippen LogP contribution >= 0.6 is 0 Å². The molecular formula is C17H24N4O2. The van der Waals surface area contributed by atoms with Crippen LogP contribution in [0.4, 0.5) is 5.69 Å². The first-order valence-electron chi connectivity index (χ1n) is 8.00. The molecule has 6 nitrogen and oxygen atoms in total. The van der Waals surface area contributed by atoms with Crippen LogP contribution < -0.4 is 10.6 Å². The fourth-order valence-electron chi connectivity index (χ4n) is 2.09. The van der Waals surface area contributed by atoms with E-state index in [2.05, 4.69) is 20.8 Å². The standard InChI is InChI=1S/C17H24N4O2/c1-5-12(4)19-17(22)13-7-8-14(11(3)9-13)18-10-16-20-15(6-2)21-23-16/h7-9,12,18H,5-6,10H2,1-4H3,(H,19,22). The maximum Gasteiger partial charge on any atom is 0.251 e. The molecule has 1 heterocycles. The number of benzene rings is 1. The summed E-state index contributed by atoms with van der Waals surface area (Å²) < 4.78 is 5.15. The molecule has 0 aliphatic rings. The van der Waals surface area contributed by atoms with Gasteiger partial charge in [0.15, 0.2) is 5.82 Å². The molecule has 1 amide bonds. The van der Waals surface area contributed by atoms with Crippen molar-refractivity contribution in [3.05, 3.63) is 41.0 Å². The molecule has 0 fully saturated rings. The lowest BCUT2D eigenvalue weighted by atomic mass is 10.1. The molecule has 124 valence electrons. The zero-order chi connectivity index (χ0) is 16.8. The van der Waals surface area contributed by atoms with Gasteiger partial charge >= 0.3 is 0 Å². The zero-order valence-corrected chi connectivity index (χ0v) is 14.1. The van der Waals surface area contributed by atoms with Gasteiger partial charge in [0.1, 0.15) is 0 Å². The number of rotatable bonds is 7. The zero-order valence-electron chi connectivity index (χ0n) is 14.1. The SMILES string of the molecule is CCc1noc(CNc2ccc(C(=O)NC(C)CC)cc2C)n1. The van der Waals surface area contributed by atoms with Crippen LogP contribution in [0.1, 0.15) is 54.8 Å². The summed E-state index contributed by atoms with van der Waals surface area (Å²) in [6.07, 6.45) is 1.66. The first-order valence-corrected chi connectivity index (χ1v) is 8.00. The molecule has 0 bridgehead atoms. The van der Waals surface area contributed by atoms with E-state index in [1.807, 2.05) is 45.9 Å². The first-order chi connectivity index (χ1) is 11.0. The number of anilines is 1. The van der Waals surface area contributed by atoms with Gasteiger partial charge in [-0.05, 0) is 44.0 Å². The van der Waals surface area contributed by atoms with Gasteiger partial charge in [-0.15, -0.1) is 0 Å². The second kappa shape index (κ2) is 7.76. The van der Waals surface area contributed by atoms with Crippen LogP contribution in [-0.2, 0) is 13.0 Å². The van der Waals surface area contributed by atoms with E-state index in [1.54, 1.807) is 0 Å². The van der Waals surface area contributed by atoms with Gasteiger partial charge in [0.2, 0.25) is 5.89 Å². The van der Waals surface area contributed by atoms with Gasteiger partial charge in [0, 0.05) is 23.7 Å². The van der Waals surface area contributed by atoms with Crippen molar-refractivity contribution in [3.63, 3.8) is 0 Å². The van der Waals surface area contributed by atoms with Crippen molar-refractivity contribution < 1.29 is 9.32 Å². The summed E-state index contributed by atoms with van der Waals surface area (Å²) >= 11 is 0. The van der Waals surface area contributed by atoms with Gasteiger partial charge in [0.05, 0.1) is 6.54 Å². The first kappa shape index (κ1) is 17.0. The van der Waals surface area contributed by atoms with E-state index >= 15 is 0 Å². The molecule has 1 atom stereocenters. The third-order valence-corrected chi connectivity index (χ3v) is 3.73. The van der Waals surface area contributed by atoms with Gasteiger partial charge < -0.3 is 15.2 Å². The summed E-state index contributed by atoms with van der Waals surface area (Å²) in [5, 5.41) is 10.1. The summed E-state index contributed by atoms with van der Waals surface area (Å²) in [7, 11) is 0. The number of amides is 1. The van der Waals surface area contributed by atoms with Crippen LogP contribution in [0.25, 0.3) is 0 Å². The van der Waals surface area contributed by atoms with Crippen LogP contribution in [0, 0.1) is 6.92 Å². The predicted molar refractivity (Wildman–Crippen MR) is 89.4 cm³/mol. The van der Waals surface area contributed by atoms with E-state index in [1.165, 1.54) is 0 Å². The normalized spacial score (nSPS) is 12.0. The maximum atomic E-state index is 12.1. The van der Waals surface area contributed by atoms with Crippen LogP contribution in [0.15, 0.2) is 22.7 Å². The van der Waals surface area contributed by atoms with Crippen molar-refractivity contribution in [1.29, 1.82) is 0 Å². The molecule has 1 aromatic heterocycles. The van der Waals surface area contributed by atoms with E-state index in [0.29, 0.717) is 23.8 Å². The predicted octanol–water partition coefficient (Wildman–Crippen LogP) is 3.08. The van der Waals surface area contributed by atoms with Crippen LogP contribution in [0.2, 0.25) is 0 Å². The Hall–Kier alpha value is -2.37. The fraction of sp³-hybridized carbons (Fsp3) is 0.471. The second-order valence-electron chi connectivity index (χ2n) is 5.62. The Bertz CT molecular complexity index is 666. The lowest BCUT2D eigenvalue weighted by Crippen LogP contribution is -2.31. The van der Waals surface area contributed by atoms with E-state index in [-0.39, 0.29) is 11.9 Å². The number of aryl methyl sites for hydroxylation is 2. The minimum Gasteiger partial charge on any atom is -0.376 e. The van der Waals surface area contributed by atoms with E-state index in [9.17, 15) is 4.79 Å². The molecule has 0 radical (unpaired) electrons.